The van der Waals surface area contributed by atoms with E-state index in [0.29, 0.717) is 18.1 Å². The highest BCUT2D eigenvalue weighted by molar-refractivity contribution is 6.31. The third-order valence-corrected chi connectivity index (χ3v) is 3.27. The molecule has 0 fully saturated rings. The van der Waals surface area contributed by atoms with Gasteiger partial charge in [0, 0.05) is 17.7 Å². The molecule has 20 heavy (non-hydrogen) atoms. The van der Waals surface area contributed by atoms with Crippen molar-refractivity contribution in [2.45, 2.75) is 20.0 Å². The molecule has 3 heteroatoms. The fraction of sp³-hybridized carbons (Fsp3) is 0.176. The van der Waals surface area contributed by atoms with Crippen molar-refractivity contribution >= 4 is 17.8 Å². The Bertz CT molecular complexity index is 608. The normalized spacial score (nSPS) is 10.9. The maximum Gasteiger partial charge on any atom is 0.142 e. The predicted molar refractivity (Wildman–Crippen MR) is 84.1 cm³/mol. The highest BCUT2D eigenvalue weighted by Crippen LogP contribution is 2.16. The Morgan fingerprint density at radius 1 is 1.20 bits per heavy atom. The van der Waals surface area contributed by atoms with Crippen LogP contribution < -0.4 is 0 Å². The minimum Gasteiger partial charge on any atom is -0.391 e. The number of hydrogen-bond donors (Lipinski definition) is 0. The summed E-state index contributed by atoms with van der Waals surface area (Å²) in [6.45, 7) is 6.41. The van der Waals surface area contributed by atoms with Crippen molar-refractivity contribution < 1.29 is 4.84 Å². The largest absolute Gasteiger partial charge is 0.391 e. The first-order valence-electron chi connectivity index (χ1n) is 6.45. The highest BCUT2D eigenvalue weighted by atomic mass is 35.5. The van der Waals surface area contributed by atoms with Crippen LogP contribution in [0.25, 0.3) is 0 Å². The Morgan fingerprint density at radius 3 is 2.80 bits per heavy atom. The SMILES string of the molecule is [CH2]c1cc(CC=NOCc2cccc(C)c2)ccc1Cl. The molecule has 2 rings (SSSR count). The number of oxime groups is 1. The van der Waals surface area contributed by atoms with Gasteiger partial charge in [-0.05, 0) is 36.6 Å². The van der Waals surface area contributed by atoms with Gasteiger partial charge in [-0.15, -0.1) is 0 Å². The van der Waals surface area contributed by atoms with Gasteiger partial charge in [0.25, 0.3) is 0 Å². The molecule has 2 aromatic carbocycles. The molecule has 0 spiro atoms. The number of aryl methyl sites for hydroxylation is 1. The summed E-state index contributed by atoms with van der Waals surface area (Å²) in [5.41, 5.74) is 4.29. The Kier molecular flexibility index (Phi) is 5.19. The molecule has 0 aromatic heterocycles. The third kappa shape index (κ3) is 4.39. The van der Waals surface area contributed by atoms with Crippen LogP contribution in [0.2, 0.25) is 5.02 Å². The van der Waals surface area contributed by atoms with Gasteiger partial charge in [0.05, 0.1) is 0 Å². The Morgan fingerprint density at radius 2 is 2.05 bits per heavy atom. The van der Waals surface area contributed by atoms with Crippen molar-refractivity contribution in [3.05, 3.63) is 76.7 Å². The molecular formula is C17H17ClNO. The van der Waals surface area contributed by atoms with Crippen LogP contribution in [0.15, 0.2) is 47.6 Å². The fourth-order valence-corrected chi connectivity index (χ4v) is 1.98. The summed E-state index contributed by atoms with van der Waals surface area (Å²) in [6, 6.07) is 13.9. The lowest BCUT2D eigenvalue weighted by Gasteiger charge is -2.02. The van der Waals surface area contributed by atoms with Gasteiger partial charge in [-0.3, -0.25) is 0 Å². The smallest absolute Gasteiger partial charge is 0.142 e. The van der Waals surface area contributed by atoms with Crippen LogP contribution in [-0.2, 0) is 17.9 Å². The number of hydrogen-bond acceptors (Lipinski definition) is 2. The Balaban J connectivity index is 1.80. The van der Waals surface area contributed by atoms with Crippen LogP contribution in [0.3, 0.4) is 0 Å². The van der Waals surface area contributed by atoms with E-state index >= 15 is 0 Å². The molecule has 0 saturated carbocycles. The lowest BCUT2D eigenvalue weighted by atomic mass is 10.1. The average molecular weight is 287 g/mol. The lowest BCUT2D eigenvalue weighted by molar-refractivity contribution is 0.131. The number of halogens is 1. The van der Waals surface area contributed by atoms with E-state index < -0.39 is 0 Å². The zero-order chi connectivity index (χ0) is 14.4. The average Bonchev–Trinajstić information content (AvgIpc) is 2.42. The van der Waals surface area contributed by atoms with E-state index in [1.54, 1.807) is 6.21 Å². The summed E-state index contributed by atoms with van der Waals surface area (Å²) in [4.78, 5) is 5.28. The first-order chi connectivity index (χ1) is 9.65. The van der Waals surface area contributed by atoms with E-state index in [9.17, 15) is 0 Å². The van der Waals surface area contributed by atoms with Crippen molar-refractivity contribution in [3.8, 4) is 0 Å². The Labute approximate surface area is 125 Å². The van der Waals surface area contributed by atoms with Crippen molar-refractivity contribution in [1.82, 2.24) is 0 Å². The first kappa shape index (κ1) is 14.6. The van der Waals surface area contributed by atoms with Crippen LogP contribution in [0.1, 0.15) is 22.3 Å². The molecule has 0 saturated heterocycles. The topological polar surface area (TPSA) is 21.6 Å². The number of rotatable bonds is 5. The maximum atomic E-state index is 5.92. The molecular weight excluding hydrogens is 270 g/mol. The minimum absolute atomic E-state index is 0.485. The van der Waals surface area contributed by atoms with E-state index in [-0.39, 0.29) is 0 Å². The summed E-state index contributed by atoms with van der Waals surface area (Å²) in [5.74, 6) is 0. The molecule has 0 atom stereocenters. The molecule has 0 aliphatic rings. The highest BCUT2D eigenvalue weighted by Gasteiger charge is 1.96. The second-order valence-electron chi connectivity index (χ2n) is 4.68. The van der Waals surface area contributed by atoms with Gasteiger partial charge in [-0.25, -0.2) is 0 Å². The molecule has 0 aliphatic heterocycles. The zero-order valence-corrected chi connectivity index (χ0v) is 12.2. The second kappa shape index (κ2) is 7.11. The van der Waals surface area contributed by atoms with Gasteiger partial charge in [0.15, 0.2) is 0 Å². The third-order valence-electron chi connectivity index (χ3n) is 2.90. The number of nitrogens with zero attached hydrogens (tertiary/aromatic N) is 1. The van der Waals surface area contributed by atoms with E-state index in [1.165, 1.54) is 5.56 Å². The lowest BCUT2D eigenvalue weighted by Crippen LogP contribution is -1.91. The Hall–Kier alpha value is -1.80. The molecule has 0 amide bonds. The van der Waals surface area contributed by atoms with Gasteiger partial charge in [-0.2, -0.15) is 0 Å². The van der Waals surface area contributed by atoms with Crippen molar-refractivity contribution in [3.63, 3.8) is 0 Å². The minimum atomic E-state index is 0.485. The summed E-state index contributed by atoms with van der Waals surface area (Å²) in [7, 11) is 0. The van der Waals surface area contributed by atoms with E-state index in [4.69, 9.17) is 16.4 Å². The zero-order valence-electron chi connectivity index (χ0n) is 11.5. The van der Waals surface area contributed by atoms with Crippen LogP contribution >= 0.6 is 11.6 Å². The van der Waals surface area contributed by atoms with E-state index in [0.717, 1.165) is 16.7 Å². The fourth-order valence-electron chi connectivity index (χ4n) is 1.86. The van der Waals surface area contributed by atoms with Gasteiger partial charge < -0.3 is 4.84 Å². The van der Waals surface area contributed by atoms with Crippen LogP contribution in [0.4, 0.5) is 0 Å². The van der Waals surface area contributed by atoms with Crippen LogP contribution in [0, 0.1) is 13.8 Å². The molecule has 103 valence electrons. The molecule has 0 bridgehead atoms. The molecule has 2 nitrogen and oxygen atoms in total. The first-order valence-corrected chi connectivity index (χ1v) is 6.82. The van der Waals surface area contributed by atoms with Crippen molar-refractivity contribution in [1.29, 1.82) is 0 Å². The van der Waals surface area contributed by atoms with Gasteiger partial charge in [-0.1, -0.05) is 58.7 Å². The molecule has 1 radical (unpaired) electrons. The summed E-state index contributed by atoms with van der Waals surface area (Å²) >= 11 is 5.92. The van der Waals surface area contributed by atoms with Crippen molar-refractivity contribution in [2.75, 3.05) is 0 Å². The van der Waals surface area contributed by atoms with Gasteiger partial charge in [0.1, 0.15) is 6.61 Å². The van der Waals surface area contributed by atoms with Crippen LogP contribution in [-0.4, -0.2) is 6.21 Å². The van der Waals surface area contributed by atoms with Crippen molar-refractivity contribution in [2.24, 2.45) is 5.16 Å². The molecule has 0 N–H and O–H groups in total. The predicted octanol–water partition coefficient (Wildman–Crippen LogP) is 4.58. The van der Waals surface area contributed by atoms with E-state index in [1.807, 2.05) is 30.3 Å². The number of benzene rings is 2. The summed E-state index contributed by atoms with van der Waals surface area (Å²) in [5, 5.41) is 4.65. The van der Waals surface area contributed by atoms with E-state index in [2.05, 4.69) is 31.1 Å². The standard InChI is InChI=1S/C17H17ClNO/c1-13-4-3-5-16(10-13)12-20-19-9-8-15-6-7-17(18)14(2)11-15/h3-7,9-11H,2,8,12H2,1H3. The van der Waals surface area contributed by atoms with Gasteiger partial charge >= 0.3 is 0 Å². The molecule has 2 aromatic rings. The quantitative estimate of drug-likeness (QED) is 0.582. The van der Waals surface area contributed by atoms with Crippen LogP contribution in [0.5, 0.6) is 0 Å². The molecule has 0 unspecified atom stereocenters. The molecule has 0 heterocycles. The van der Waals surface area contributed by atoms with Gasteiger partial charge in [0.2, 0.25) is 0 Å². The maximum absolute atomic E-state index is 5.92. The second-order valence-corrected chi connectivity index (χ2v) is 5.09. The summed E-state index contributed by atoms with van der Waals surface area (Å²) in [6.07, 6.45) is 2.45. The summed E-state index contributed by atoms with van der Waals surface area (Å²) < 4.78 is 0. The molecule has 0 aliphatic carbocycles. The monoisotopic (exact) mass is 286 g/mol.